The molecule has 5 heteroatoms. The van der Waals surface area contributed by atoms with Gasteiger partial charge in [0.25, 0.3) is 0 Å². The lowest BCUT2D eigenvalue weighted by molar-refractivity contribution is 0.102. The molecule has 0 radical (unpaired) electrons. The Labute approximate surface area is 108 Å². The van der Waals surface area contributed by atoms with Crippen LogP contribution in [0, 0.1) is 38.2 Å². The molecule has 1 aromatic heterocycles. The summed E-state index contributed by atoms with van der Waals surface area (Å²) in [6.45, 7) is 5.31. The third kappa shape index (κ3) is 2.05. The highest BCUT2D eigenvalue weighted by molar-refractivity contribution is 6.09. The van der Waals surface area contributed by atoms with Gasteiger partial charge in [-0.15, -0.1) is 0 Å². The summed E-state index contributed by atoms with van der Waals surface area (Å²) in [4.78, 5) is 15.0. The van der Waals surface area contributed by atoms with Gasteiger partial charge in [-0.2, -0.15) is 0 Å². The predicted molar refractivity (Wildman–Crippen MR) is 64.8 cm³/mol. The topological polar surface area (TPSA) is 32.9 Å². The van der Waals surface area contributed by atoms with Crippen LogP contribution in [0.3, 0.4) is 0 Å². The molecule has 0 aliphatic rings. The number of rotatable bonds is 2. The van der Waals surface area contributed by atoms with Crippen molar-refractivity contribution in [2.45, 2.75) is 20.8 Å². The zero-order valence-electron chi connectivity index (χ0n) is 10.7. The highest BCUT2D eigenvalue weighted by Gasteiger charge is 2.23. The molecule has 0 saturated heterocycles. The normalized spacial score (nSPS) is 10.8. The van der Waals surface area contributed by atoms with Gasteiger partial charge in [-0.1, -0.05) is 0 Å². The van der Waals surface area contributed by atoms with Crippen LogP contribution >= 0.6 is 0 Å². The van der Waals surface area contributed by atoms with Gasteiger partial charge in [0.05, 0.1) is 11.3 Å². The SMILES string of the molecule is Cc1[nH]c(C(=O)c2ccc(F)c(F)c2F)c(C)c1C. The summed E-state index contributed by atoms with van der Waals surface area (Å²) in [5.74, 6) is -5.10. The minimum Gasteiger partial charge on any atom is -0.356 e. The van der Waals surface area contributed by atoms with Crippen LogP contribution < -0.4 is 0 Å². The molecule has 19 heavy (non-hydrogen) atoms. The number of aromatic nitrogens is 1. The van der Waals surface area contributed by atoms with Gasteiger partial charge >= 0.3 is 0 Å². The first-order valence-corrected chi connectivity index (χ1v) is 5.68. The number of benzene rings is 1. The highest BCUT2D eigenvalue weighted by atomic mass is 19.2. The third-order valence-electron chi connectivity index (χ3n) is 3.32. The van der Waals surface area contributed by atoms with Gasteiger partial charge in [0, 0.05) is 5.69 Å². The van der Waals surface area contributed by atoms with E-state index in [0.717, 1.165) is 23.4 Å². The van der Waals surface area contributed by atoms with Crippen LogP contribution in [0.5, 0.6) is 0 Å². The Morgan fingerprint density at radius 1 is 1.00 bits per heavy atom. The van der Waals surface area contributed by atoms with Gasteiger partial charge in [-0.3, -0.25) is 4.79 Å². The molecule has 0 unspecified atom stereocenters. The lowest BCUT2D eigenvalue weighted by Crippen LogP contribution is -2.09. The quantitative estimate of drug-likeness (QED) is 0.654. The van der Waals surface area contributed by atoms with Crippen LogP contribution in [0.1, 0.15) is 32.9 Å². The van der Waals surface area contributed by atoms with E-state index < -0.39 is 28.8 Å². The average Bonchev–Trinajstić information content (AvgIpc) is 2.63. The van der Waals surface area contributed by atoms with Crippen molar-refractivity contribution in [2.75, 3.05) is 0 Å². The number of carbonyl (C=O) groups is 1. The average molecular weight is 267 g/mol. The third-order valence-corrected chi connectivity index (χ3v) is 3.32. The number of ketones is 1. The lowest BCUT2D eigenvalue weighted by atomic mass is 10.0. The van der Waals surface area contributed by atoms with Crippen LogP contribution in [0.4, 0.5) is 13.2 Å². The monoisotopic (exact) mass is 267 g/mol. The molecule has 2 aromatic rings. The number of halogens is 3. The van der Waals surface area contributed by atoms with Crippen LogP contribution in [-0.4, -0.2) is 10.8 Å². The molecule has 0 bridgehead atoms. The van der Waals surface area contributed by atoms with Gasteiger partial charge in [0.1, 0.15) is 0 Å². The molecule has 100 valence electrons. The smallest absolute Gasteiger partial charge is 0.212 e. The molecule has 1 heterocycles. The number of hydrogen-bond donors (Lipinski definition) is 1. The van der Waals surface area contributed by atoms with Crippen LogP contribution in [0.25, 0.3) is 0 Å². The fourth-order valence-corrected chi connectivity index (χ4v) is 1.91. The molecule has 2 rings (SSSR count). The second kappa shape index (κ2) is 4.57. The fourth-order valence-electron chi connectivity index (χ4n) is 1.91. The van der Waals surface area contributed by atoms with Crippen LogP contribution in [0.2, 0.25) is 0 Å². The number of carbonyl (C=O) groups excluding carboxylic acids is 1. The molecule has 1 aromatic carbocycles. The van der Waals surface area contributed by atoms with E-state index in [1.807, 2.05) is 6.92 Å². The zero-order chi connectivity index (χ0) is 14.3. The van der Waals surface area contributed by atoms with E-state index in [-0.39, 0.29) is 5.69 Å². The van der Waals surface area contributed by atoms with Gasteiger partial charge in [0.15, 0.2) is 17.5 Å². The minimum absolute atomic E-state index is 0.194. The molecule has 0 amide bonds. The van der Waals surface area contributed by atoms with Crippen molar-refractivity contribution in [3.63, 3.8) is 0 Å². The van der Waals surface area contributed by atoms with Crippen molar-refractivity contribution >= 4 is 5.78 Å². The summed E-state index contributed by atoms with van der Waals surface area (Å²) in [5.41, 5.74) is 2.05. The summed E-state index contributed by atoms with van der Waals surface area (Å²) >= 11 is 0. The molecule has 0 spiro atoms. The second-order valence-electron chi connectivity index (χ2n) is 4.43. The Morgan fingerprint density at radius 2 is 1.63 bits per heavy atom. The maximum Gasteiger partial charge on any atom is 0.212 e. The molecule has 0 fully saturated rings. The molecule has 0 atom stereocenters. The summed E-state index contributed by atoms with van der Waals surface area (Å²) in [5, 5.41) is 0. The fraction of sp³-hybridized carbons (Fsp3) is 0.214. The van der Waals surface area contributed by atoms with Crippen molar-refractivity contribution in [3.8, 4) is 0 Å². The van der Waals surface area contributed by atoms with Gasteiger partial charge < -0.3 is 4.98 Å². The molecule has 0 saturated carbocycles. The number of aryl methyl sites for hydroxylation is 1. The number of H-pyrrole nitrogens is 1. The maximum atomic E-state index is 13.6. The molecule has 1 N–H and O–H groups in total. The molecular formula is C14H12F3NO. The molecule has 2 nitrogen and oxygen atoms in total. The molecule has 0 aliphatic carbocycles. The first-order valence-electron chi connectivity index (χ1n) is 5.68. The van der Waals surface area contributed by atoms with E-state index in [2.05, 4.69) is 4.98 Å². The Hall–Kier alpha value is -2.04. The summed E-state index contributed by atoms with van der Waals surface area (Å²) in [7, 11) is 0. The minimum atomic E-state index is -1.64. The number of nitrogens with one attached hydrogen (secondary N) is 1. The van der Waals surface area contributed by atoms with E-state index in [9.17, 15) is 18.0 Å². The van der Waals surface area contributed by atoms with E-state index in [1.54, 1.807) is 13.8 Å². The Balaban J connectivity index is 2.57. The second-order valence-corrected chi connectivity index (χ2v) is 4.43. The molecular weight excluding hydrogens is 255 g/mol. The zero-order valence-corrected chi connectivity index (χ0v) is 10.7. The van der Waals surface area contributed by atoms with Crippen molar-refractivity contribution in [2.24, 2.45) is 0 Å². The summed E-state index contributed by atoms with van der Waals surface area (Å²) in [6.07, 6.45) is 0. The van der Waals surface area contributed by atoms with E-state index in [0.29, 0.717) is 5.56 Å². The van der Waals surface area contributed by atoms with E-state index in [1.165, 1.54) is 0 Å². The van der Waals surface area contributed by atoms with E-state index in [4.69, 9.17) is 0 Å². The number of aromatic amines is 1. The van der Waals surface area contributed by atoms with Gasteiger partial charge in [-0.25, -0.2) is 13.2 Å². The summed E-state index contributed by atoms with van der Waals surface area (Å²) in [6, 6.07) is 1.69. The van der Waals surface area contributed by atoms with Crippen molar-refractivity contribution in [3.05, 3.63) is 57.7 Å². The highest BCUT2D eigenvalue weighted by Crippen LogP contribution is 2.22. The Morgan fingerprint density at radius 3 is 2.16 bits per heavy atom. The van der Waals surface area contributed by atoms with E-state index >= 15 is 0 Å². The Kier molecular flexibility index (Phi) is 3.22. The standard InChI is InChI=1S/C14H12F3NO/c1-6-7(2)13(18-8(6)3)14(19)9-4-5-10(15)12(17)11(9)16/h4-5,18H,1-3H3. The van der Waals surface area contributed by atoms with Crippen LogP contribution in [0.15, 0.2) is 12.1 Å². The molecule has 0 aliphatic heterocycles. The maximum absolute atomic E-state index is 13.6. The summed E-state index contributed by atoms with van der Waals surface area (Å²) < 4.78 is 39.6. The van der Waals surface area contributed by atoms with Crippen molar-refractivity contribution < 1.29 is 18.0 Å². The van der Waals surface area contributed by atoms with Crippen LogP contribution in [-0.2, 0) is 0 Å². The first-order chi connectivity index (χ1) is 8.84. The van der Waals surface area contributed by atoms with Gasteiger partial charge in [-0.05, 0) is 44.0 Å². The Bertz CT molecular complexity index is 674. The van der Waals surface area contributed by atoms with Crippen molar-refractivity contribution in [1.82, 2.24) is 4.98 Å². The van der Waals surface area contributed by atoms with Crippen molar-refractivity contribution in [1.29, 1.82) is 0 Å². The first kappa shape index (κ1) is 13.4. The number of hydrogen-bond acceptors (Lipinski definition) is 1. The van der Waals surface area contributed by atoms with Gasteiger partial charge in [0.2, 0.25) is 5.78 Å². The lowest BCUT2D eigenvalue weighted by Gasteiger charge is -2.04. The largest absolute Gasteiger partial charge is 0.356 e. The predicted octanol–water partition coefficient (Wildman–Crippen LogP) is 3.59.